The van der Waals surface area contributed by atoms with Crippen LogP contribution in [0.1, 0.15) is 34.9 Å². The Kier molecular flexibility index (Phi) is 9.40. The van der Waals surface area contributed by atoms with Gasteiger partial charge in [-0.25, -0.2) is 0 Å². The monoisotopic (exact) mass is 457 g/mol. The number of nitrogens with zero attached hydrogens (tertiary/aromatic N) is 1. The van der Waals surface area contributed by atoms with E-state index < -0.39 is 0 Å². The number of fused-ring (bicyclic) bond motifs is 1. The molecular formula is C21H29Cl2N3O2S. The van der Waals surface area contributed by atoms with Crippen LogP contribution in [0, 0.1) is 0 Å². The molecule has 0 radical (unpaired) electrons. The van der Waals surface area contributed by atoms with E-state index in [1.807, 2.05) is 17.4 Å². The molecule has 3 N–H and O–H groups in total. The Labute approximate surface area is 188 Å². The molecule has 0 spiro atoms. The smallest absolute Gasteiger partial charge is 0.249 e. The number of carbonyl (C=O) groups excluding carboxylic acids is 1. The van der Waals surface area contributed by atoms with Gasteiger partial charge in [-0.2, -0.15) is 0 Å². The van der Waals surface area contributed by atoms with Crippen molar-refractivity contribution >= 4 is 42.1 Å². The van der Waals surface area contributed by atoms with Crippen molar-refractivity contribution in [3.63, 3.8) is 0 Å². The van der Waals surface area contributed by atoms with E-state index in [2.05, 4.69) is 45.9 Å². The lowest BCUT2D eigenvalue weighted by molar-refractivity contribution is -0.132. The molecule has 1 saturated heterocycles. The van der Waals surface area contributed by atoms with Crippen molar-refractivity contribution < 1.29 is 9.53 Å². The number of hydrogen-bond acceptors (Lipinski definition) is 5. The maximum absolute atomic E-state index is 12.6. The molecule has 3 atom stereocenters. The molecule has 0 bridgehead atoms. The topological polar surface area (TPSA) is 67.6 Å². The number of amides is 1. The lowest BCUT2D eigenvalue weighted by Gasteiger charge is -2.35. The van der Waals surface area contributed by atoms with Gasteiger partial charge in [0, 0.05) is 31.1 Å². The summed E-state index contributed by atoms with van der Waals surface area (Å²) < 4.78 is 5.74. The first-order chi connectivity index (χ1) is 13.2. The van der Waals surface area contributed by atoms with E-state index in [-0.39, 0.29) is 49.0 Å². The molecule has 1 fully saturated rings. The Hall–Kier alpha value is -1.15. The molecule has 1 unspecified atom stereocenters. The van der Waals surface area contributed by atoms with Crippen molar-refractivity contribution in [2.45, 2.75) is 44.1 Å². The molecule has 29 heavy (non-hydrogen) atoms. The number of nitrogens with one attached hydrogen (secondary N) is 1. The first-order valence-electron chi connectivity index (χ1n) is 9.72. The van der Waals surface area contributed by atoms with Gasteiger partial charge in [-0.3, -0.25) is 9.69 Å². The van der Waals surface area contributed by atoms with E-state index in [0.29, 0.717) is 13.1 Å². The minimum absolute atomic E-state index is 0. The zero-order chi connectivity index (χ0) is 18.6. The predicted molar refractivity (Wildman–Crippen MR) is 122 cm³/mol. The van der Waals surface area contributed by atoms with E-state index in [4.69, 9.17) is 10.5 Å². The van der Waals surface area contributed by atoms with Crippen molar-refractivity contribution in [2.24, 2.45) is 5.73 Å². The van der Waals surface area contributed by atoms with Crippen molar-refractivity contribution in [3.8, 4) is 0 Å². The molecule has 5 nitrogen and oxygen atoms in total. The molecule has 4 rings (SSSR count). The van der Waals surface area contributed by atoms with Crippen LogP contribution in [0.25, 0.3) is 0 Å². The summed E-state index contributed by atoms with van der Waals surface area (Å²) in [6, 6.07) is 12.9. The molecule has 1 aromatic carbocycles. The number of rotatable bonds is 6. The summed E-state index contributed by atoms with van der Waals surface area (Å²) in [5.74, 6) is -0.0138. The van der Waals surface area contributed by atoms with Crippen LogP contribution in [0.15, 0.2) is 41.8 Å². The van der Waals surface area contributed by atoms with E-state index in [1.54, 1.807) is 0 Å². The highest BCUT2D eigenvalue weighted by atomic mass is 35.5. The molecule has 0 aliphatic carbocycles. The summed E-state index contributed by atoms with van der Waals surface area (Å²) >= 11 is 1.85. The van der Waals surface area contributed by atoms with Crippen LogP contribution in [0.2, 0.25) is 0 Å². The average molecular weight is 458 g/mol. The van der Waals surface area contributed by atoms with Crippen LogP contribution >= 0.6 is 36.2 Å². The highest BCUT2D eigenvalue weighted by Crippen LogP contribution is 2.30. The number of carbonyl (C=O) groups is 1. The van der Waals surface area contributed by atoms with Gasteiger partial charge >= 0.3 is 0 Å². The van der Waals surface area contributed by atoms with Crippen LogP contribution in [-0.2, 0) is 22.5 Å². The number of nitrogens with two attached hydrogens (primary N) is 1. The second-order valence-electron chi connectivity index (χ2n) is 7.32. The van der Waals surface area contributed by atoms with Gasteiger partial charge in [0.1, 0.15) is 6.10 Å². The molecule has 0 saturated carbocycles. The molecular weight excluding hydrogens is 429 g/mol. The SMILES string of the molecule is Cl.Cl.NC[C@H]1CC[C@@H](C(=O)NCC(c2ccccc2)N2CCc3sccc3C2)O1. The largest absolute Gasteiger partial charge is 0.364 e. The summed E-state index contributed by atoms with van der Waals surface area (Å²) in [6.07, 6.45) is 2.36. The fourth-order valence-electron chi connectivity index (χ4n) is 4.05. The van der Waals surface area contributed by atoms with Crippen LogP contribution in [0.4, 0.5) is 0 Å². The third kappa shape index (κ3) is 5.72. The number of thiophene rings is 1. The first-order valence-corrected chi connectivity index (χ1v) is 10.6. The van der Waals surface area contributed by atoms with Gasteiger partial charge in [-0.15, -0.1) is 36.2 Å². The second-order valence-corrected chi connectivity index (χ2v) is 8.32. The minimum Gasteiger partial charge on any atom is -0.364 e. The van der Waals surface area contributed by atoms with Gasteiger partial charge in [0.2, 0.25) is 5.91 Å². The Morgan fingerprint density at radius 2 is 2.03 bits per heavy atom. The predicted octanol–water partition coefficient (Wildman–Crippen LogP) is 3.31. The van der Waals surface area contributed by atoms with Crippen LogP contribution in [0.3, 0.4) is 0 Å². The average Bonchev–Trinajstić information content (AvgIpc) is 3.37. The van der Waals surface area contributed by atoms with E-state index in [1.165, 1.54) is 16.0 Å². The molecule has 2 aromatic rings. The van der Waals surface area contributed by atoms with E-state index in [0.717, 1.165) is 32.4 Å². The molecule has 2 aliphatic heterocycles. The zero-order valence-electron chi connectivity index (χ0n) is 16.3. The van der Waals surface area contributed by atoms with Gasteiger partial charge in [0.25, 0.3) is 0 Å². The maximum Gasteiger partial charge on any atom is 0.249 e. The fourth-order valence-corrected chi connectivity index (χ4v) is 4.94. The molecule has 160 valence electrons. The van der Waals surface area contributed by atoms with E-state index in [9.17, 15) is 4.79 Å². The number of benzene rings is 1. The first kappa shape index (κ1) is 24.1. The van der Waals surface area contributed by atoms with Crippen LogP contribution < -0.4 is 11.1 Å². The summed E-state index contributed by atoms with van der Waals surface area (Å²) in [5.41, 5.74) is 8.32. The maximum atomic E-state index is 12.6. The highest BCUT2D eigenvalue weighted by molar-refractivity contribution is 7.10. The Bertz CT molecular complexity index is 774. The Balaban J connectivity index is 0.00000150. The molecule has 3 heterocycles. The van der Waals surface area contributed by atoms with Gasteiger partial charge in [-0.1, -0.05) is 30.3 Å². The highest BCUT2D eigenvalue weighted by Gasteiger charge is 2.31. The summed E-state index contributed by atoms with van der Waals surface area (Å²) in [6.45, 7) is 3.02. The summed E-state index contributed by atoms with van der Waals surface area (Å²) in [7, 11) is 0. The van der Waals surface area contributed by atoms with Crippen molar-refractivity contribution in [1.82, 2.24) is 10.2 Å². The lowest BCUT2D eigenvalue weighted by atomic mass is 10.0. The van der Waals surface area contributed by atoms with Gasteiger partial charge in [0.05, 0.1) is 12.1 Å². The Morgan fingerprint density at radius 1 is 1.24 bits per heavy atom. The number of hydrogen-bond donors (Lipinski definition) is 2. The third-order valence-electron chi connectivity index (χ3n) is 5.59. The van der Waals surface area contributed by atoms with Crippen LogP contribution in [-0.4, -0.2) is 42.6 Å². The lowest BCUT2D eigenvalue weighted by Crippen LogP contribution is -2.43. The van der Waals surface area contributed by atoms with Crippen molar-refractivity contribution in [2.75, 3.05) is 19.6 Å². The van der Waals surface area contributed by atoms with Gasteiger partial charge in [0.15, 0.2) is 0 Å². The van der Waals surface area contributed by atoms with Gasteiger partial charge < -0.3 is 15.8 Å². The fraction of sp³-hybridized carbons (Fsp3) is 0.476. The second kappa shape index (κ2) is 11.3. The van der Waals surface area contributed by atoms with Crippen LogP contribution in [0.5, 0.6) is 0 Å². The Morgan fingerprint density at radius 3 is 2.76 bits per heavy atom. The minimum atomic E-state index is -0.361. The summed E-state index contributed by atoms with van der Waals surface area (Å²) in [4.78, 5) is 16.6. The normalized spacial score (nSPS) is 22.1. The third-order valence-corrected chi connectivity index (χ3v) is 6.62. The molecule has 1 aromatic heterocycles. The number of ether oxygens (including phenoxy) is 1. The van der Waals surface area contributed by atoms with E-state index >= 15 is 0 Å². The molecule has 2 aliphatic rings. The summed E-state index contributed by atoms with van der Waals surface area (Å²) in [5, 5.41) is 5.32. The van der Waals surface area contributed by atoms with Crippen molar-refractivity contribution in [1.29, 1.82) is 0 Å². The molecule has 1 amide bonds. The number of halogens is 2. The molecule has 8 heteroatoms. The van der Waals surface area contributed by atoms with Gasteiger partial charge in [-0.05, 0) is 41.8 Å². The standard InChI is InChI=1S/C21H27N3O2S.2ClH/c22-12-17-6-7-19(26-17)21(25)23-13-18(15-4-2-1-3-5-15)24-10-8-20-16(14-24)9-11-27-20;;/h1-5,9,11,17-19H,6-8,10,12-14,22H2,(H,23,25);2*1H/t17-,18?,19+;;/m1../s1. The quantitative estimate of drug-likeness (QED) is 0.697. The zero-order valence-corrected chi connectivity index (χ0v) is 18.7. The van der Waals surface area contributed by atoms with Crippen molar-refractivity contribution in [3.05, 3.63) is 57.8 Å².